The Bertz CT molecular complexity index is 1310. The van der Waals surface area contributed by atoms with Gasteiger partial charge in [-0.05, 0) is 36.4 Å². The van der Waals surface area contributed by atoms with Crippen molar-refractivity contribution in [2.45, 2.75) is 13.1 Å². The molecule has 0 bridgehead atoms. The van der Waals surface area contributed by atoms with Crippen LogP contribution in [-0.2, 0) is 13.1 Å². The van der Waals surface area contributed by atoms with E-state index in [4.69, 9.17) is 16.7 Å². The largest absolute Gasteiger partial charge is 0.307 e. The van der Waals surface area contributed by atoms with Crippen LogP contribution < -0.4 is 5.32 Å². The van der Waals surface area contributed by atoms with E-state index in [0.29, 0.717) is 23.9 Å². The minimum Gasteiger partial charge on any atom is -0.307 e. The number of fused-ring (bicyclic) bond motifs is 1. The van der Waals surface area contributed by atoms with E-state index in [1.165, 1.54) is 12.1 Å². The fourth-order valence-corrected chi connectivity index (χ4v) is 3.66. The monoisotopic (exact) mass is 432 g/mol. The highest BCUT2D eigenvalue weighted by molar-refractivity contribution is 6.33. The van der Waals surface area contributed by atoms with E-state index in [2.05, 4.69) is 15.3 Å². The Balaban J connectivity index is 1.43. The highest BCUT2D eigenvalue weighted by Crippen LogP contribution is 2.30. The van der Waals surface area contributed by atoms with Crippen LogP contribution in [0.3, 0.4) is 0 Å². The average molecular weight is 433 g/mol. The van der Waals surface area contributed by atoms with Crippen LogP contribution in [0.25, 0.3) is 22.7 Å². The van der Waals surface area contributed by atoms with Crippen LogP contribution in [0.5, 0.6) is 0 Å². The maximum absolute atomic E-state index is 13.3. The highest BCUT2D eigenvalue weighted by Gasteiger charge is 2.15. The molecular weight excluding hydrogens is 415 g/mol. The lowest BCUT2D eigenvalue weighted by atomic mass is 10.1. The Hall–Kier alpha value is -3.55. The van der Waals surface area contributed by atoms with Gasteiger partial charge in [-0.25, -0.2) is 19.0 Å². The van der Waals surface area contributed by atoms with Crippen LogP contribution in [0, 0.1) is 5.82 Å². The molecule has 0 aliphatic carbocycles. The zero-order chi connectivity index (χ0) is 21.2. The Morgan fingerprint density at radius 1 is 0.968 bits per heavy atom. The number of nitrogens with one attached hydrogen (secondary N) is 1. The van der Waals surface area contributed by atoms with Crippen LogP contribution in [0.4, 0.5) is 4.39 Å². The third kappa shape index (κ3) is 4.05. The van der Waals surface area contributed by atoms with E-state index in [1.807, 2.05) is 53.3 Å². The molecule has 154 valence electrons. The zero-order valence-corrected chi connectivity index (χ0v) is 17.2. The molecule has 8 heteroatoms. The van der Waals surface area contributed by atoms with E-state index in [1.54, 1.807) is 23.0 Å². The quantitative estimate of drug-likeness (QED) is 0.424. The summed E-state index contributed by atoms with van der Waals surface area (Å²) in [6, 6.07) is 15.7. The molecule has 5 rings (SSSR count). The molecule has 3 aromatic heterocycles. The first kappa shape index (κ1) is 19.4. The molecule has 0 saturated carbocycles. The van der Waals surface area contributed by atoms with Crippen molar-refractivity contribution in [2.75, 3.05) is 0 Å². The van der Waals surface area contributed by atoms with Crippen molar-refractivity contribution in [1.29, 1.82) is 0 Å². The number of aromatic nitrogens is 5. The van der Waals surface area contributed by atoms with E-state index >= 15 is 0 Å². The third-order valence-corrected chi connectivity index (χ3v) is 5.25. The van der Waals surface area contributed by atoms with E-state index in [0.717, 1.165) is 28.2 Å². The zero-order valence-electron chi connectivity index (χ0n) is 16.4. The van der Waals surface area contributed by atoms with Gasteiger partial charge in [0.25, 0.3) is 0 Å². The van der Waals surface area contributed by atoms with Gasteiger partial charge in [0.1, 0.15) is 5.82 Å². The van der Waals surface area contributed by atoms with Crippen molar-refractivity contribution in [3.05, 3.63) is 101 Å². The molecule has 2 aromatic carbocycles. The molecular formula is C23H18ClFN6. The molecule has 0 radical (unpaired) electrons. The van der Waals surface area contributed by atoms with Crippen molar-refractivity contribution in [1.82, 2.24) is 29.5 Å². The molecule has 0 atom stereocenters. The van der Waals surface area contributed by atoms with Gasteiger partial charge in [-0.1, -0.05) is 29.8 Å². The number of imidazole rings is 1. The number of hydrogen-bond acceptors (Lipinski definition) is 4. The Kier molecular flexibility index (Phi) is 5.19. The maximum atomic E-state index is 13.3. The summed E-state index contributed by atoms with van der Waals surface area (Å²) in [6.45, 7) is 1.14. The smallest absolute Gasteiger partial charge is 0.233 e. The molecule has 0 fully saturated rings. The number of rotatable bonds is 6. The number of hydrogen-bond donors (Lipinski definition) is 1. The standard InChI is InChI=1S/C23H18ClFN6/c24-21-5-2-1-4-20(21)22-16(14-31(29-22)19-8-6-17(25)7-9-19)12-26-13-18-15-30-11-3-10-27-23(30)28-18/h1-11,14-15,26H,12-13H2. The molecule has 0 saturated heterocycles. The maximum Gasteiger partial charge on any atom is 0.233 e. The van der Waals surface area contributed by atoms with Gasteiger partial charge in [-0.15, -0.1) is 0 Å². The Morgan fingerprint density at radius 2 is 1.81 bits per heavy atom. The predicted octanol–water partition coefficient (Wildman–Crippen LogP) is 4.66. The van der Waals surface area contributed by atoms with Gasteiger partial charge in [-0.3, -0.25) is 4.40 Å². The summed E-state index contributed by atoms with van der Waals surface area (Å²) in [7, 11) is 0. The Labute approximate surface area is 183 Å². The fourth-order valence-electron chi connectivity index (χ4n) is 3.44. The second-order valence-electron chi connectivity index (χ2n) is 7.07. The molecule has 3 heterocycles. The summed E-state index contributed by atoms with van der Waals surface area (Å²) < 4.78 is 17.0. The van der Waals surface area contributed by atoms with Crippen LogP contribution >= 0.6 is 11.6 Å². The van der Waals surface area contributed by atoms with Crippen LogP contribution in [0.1, 0.15) is 11.3 Å². The fraction of sp³-hybridized carbons (Fsp3) is 0.0870. The van der Waals surface area contributed by atoms with Gasteiger partial charge < -0.3 is 5.32 Å². The molecule has 1 N–H and O–H groups in total. The predicted molar refractivity (Wildman–Crippen MR) is 117 cm³/mol. The summed E-state index contributed by atoms with van der Waals surface area (Å²) in [5.41, 5.74) is 4.26. The first-order chi connectivity index (χ1) is 15.2. The van der Waals surface area contributed by atoms with E-state index in [-0.39, 0.29) is 5.82 Å². The van der Waals surface area contributed by atoms with Crippen molar-refractivity contribution < 1.29 is 4.39 Å². The summed E-state index contributed by atoms with van der Waals surface area (Å²) in [5, 5.41) is 8.79. The molecule has 0 aliphatic rings. The number of nitrogens with zero attached hydrogens (tertiary/aromatic N) is 5. The van der Waals surface area contributed by atoms with E-state index in [9.17, 15) is 4.39 Å². The topological polar surface area (TPSA) is 60.0 Å². The first-order valence-corrected chi connectivity index (χ1v) is 10.1. The van der Waals surface area contributed by atoms with Gasteiger partial charge in [-0.2, -0.15) is 5.10 Å². The number of benzene rings is 2. The molecule has 0 unspecified atom stereocenters. The summed E-state index contributed by atoms with van der Waals surface area (Å²) >= 11 is 6.44. The highest BCUT2D eigenvalue weighted by atomic mass is 35.5. The van der Waals surface area contributed by atoms with Crippen molar-refractivity contribution in [3.8, 4) is 16.9 Å². The molecule has 31 heavy (non-hydrogen) atoms. The minimum atomic E-state index is -0.286. The lowest BCUT2D eigenvalue weighted by Gasteiger charge is -2.05. The van der Waals surface area contributed by atoms with Gasteiger partial charge in [0.2, 0.25) is 5.78 Å². The van der Waals surface area contributed by atoms with Crippen LogP contribution in [0.2, 0.25) is 5.02 Å². The molecule has 0 amide bonds. The molecule has 0 aliphatic heterocycles. The van der Waals surface area contributed by atoms with Crippen molar-refractivity contribution in [2.24, 2.45) is 0 Å². The lowest BCUT2D eigenvalue weighted by molar-refractivity contribution is 0.627. The second kappa shape index (κ2) is 8.29. The van der Waals surface area contributed by atoms with Gasteiger partial charge >= 0.3 is 0 Å². The van der Waals surface area contributed by atoms with Gasteiger partial charge in [0.15, 0.2) is 0 Å². The lowest BCUT2D eigenvalue weighted by Crippen LogP contribution is -2.13. The van der Waals surface area contributed by atoms with E-state index < -0.39 is 0 Å². The summed E-state index contributed by atoms with van der Waals surface area (Å²) in [6.07, 6.45) is 7.52. The SMILES string of the molecule is Fc1ccc(-n2cc(CNCc3cn4cccnc4n3)c(-c3ccccc3Cl)n2)cc1. The Morgan fingerprint density at radius 3 is 2.61 bits per heavy atom. The first-order valence-electron chi connectivity index (χ1n) is 9.76. The average Bonchev–Trinajstić information content (AvgIpc) is 3.39. The molecule has 6 nitrogen and oxygen atoms in total. The van der Waals surface area contributed by atoms with Crippen LogP contribution in [0.15, 0.2) is 79.4 Å². The molecule has 5 aromatic rings. The summed E-state index contributed by atoms with van der Waals surface area (Å²) in [4.78, 5) is 8.76. The normalized spacial score (nSPS) is 11.3. The van der Waals surface area contributed by atoms with Crippen molar-refractivity contribution in [3.63, 3.8) is 0 Å². The van der Waals surface area contributed by atoms with Crippen LogP contribution in [-0.4, -0.2) is 24.1 Å². The van der Waals surface area contributed by atoms with Crippen molar-refractivity contribution >= 4 is 17.4 Å². The summed E-state index contributed by atoms with van der Waals surface area (Å²) in [5.74, 6) is 0.381. The second-order valence-corrected chi connectivity index (χ2v) is 7.47. The van der Waals surface area contributed by atoms with Gasteiger partial charge in [0.05, 0.1) is 22.1 Å². The molecule has 0 spiro atoms. The third-order valence-electron chi connectivity index (χ3n) is 4.92. The van der Waals surface area contributed by atoms with Gasteiger partial charge in [0, 0.05) is 49.0 Å². The number of halogens is 2. The minimum absolute atomic E-state index is 0.286.